The van der Waals surface area contributed by atoms with Gasteiger partial charge in [-0.1, -0.05) is 6.42 Å². The standard InChI is InChI=1S/C14H27N3/c1-14(2,12-15)8-11-17-10-5-4-6-13(17)7-9-16-3/h13,16H,4-11H2,1-3H3. The summed E-state index contributed by atoms with van der Waals surface area (Å²) in [5.41, 5.74) is -0.176. The van der Waals surface area contributed by atoms with Gasteiger partial charge in [-0.3, -0.25) is 0 Å². The van der Waals surface area contributed by atoms with Crippen LogP contribution in [0.1, 0.15) is 46.0 Å². The van der Waals surface area contributed by atoms with Crippen LogP contribution in [-0.4, -0.2) is 37.6 Å². The van der Waals surface area contributed by atoms with Crippen LogP contribution in [0.5, 0.6) is 0 Å². The minimum Gasteiger partial charge on any atom is -0.320 e. The van der Waals surface area contributed by atoms with Crippen molar-refractivity contribution in [3.05, 3.63) is 0 Å². The fourth-order valence-corrected chi connectivity index (χ4v) is 2.47. The molecule has 1 fully saturated rings. The third-order valence-corrected chi connectivity index (χ3v) is 3.80. The second-order valence-electron chi connectivity index (χ2n) is 5.82. The molecule has 1 saturated heterocycles. The van der Waals surface area contributed by atoms with E-state index in [1.807, 2.05) is 20.9 Å². The maximum Gasteiger partial charge on any atom is 0.0684 e. The Bertz CT molecular complexity index is 255. The first-order chi connectivity index (χ1) is 8.09. The van der Waals surface area contributed by atoms with Gasteiger partial charge in [0.15, 0.2) is 0 Å². The molecule has 3 heteroatoms. The first-order valence-corrected chi connectivity index (χ1v) is 6.89. The van der Waals surface area contributed by atoms with Crippen molar-refractivity contribution >= 4 is 0 Å². The smallest absolute Gasteiger partial charge is 0.0684 e. The molecule has 1 rings (SSSR count). The van der Waals surface area contributed by atoms with E-state index in [0.29, 0.717) is 0 Å². The summed E-state index contributed by atoms with van der Waals surface area (Å²) in [4.78, 5) is 2.60. The summed E-state index contributed by atoms with van der Waals surface area (Å²) in [5, 5.41) is 12.3. The Morgan fingerprint density at radius 1 is 1.41 bits per heavy atom. The van der Waals surface area contributed by atoms with Crippen molar-refractivity contribution in [2.75, 3.05) is 26.7 Å². The van der Waals surface area contributed by atoms with Crippen molar-refractivity contribution in [2.45, 2.75) is 52.0 Å². The number of likely N-dealkylation sites (tertiary alicyclic amines) is 1. The van der Waals surface area contributed by atoms with Crippen molar-refractivity contribution in [1.29, 1.82) is 5.26 Å². The van der Waals surface area contributed by atoms with Gasteiger partial charge in [0, 0.05) is 6.04 Å². The van der Waals surface area contributed by atoms with E-state index >= 15 is 0 Å². The van der Waals surface area contributed by atoms with E-state index in [1.165, 1.54) is 32.2 Å². The van der Waals surface area contributed by atoms with Crippen LogP contribution in [0.25, 0.3) is 0 Å². The van der Waals surface area contributed by atoms with Crippen LogP contribution in [0.2, 0.25) is 0 Å². The Labute approximate surface area is 106 Å². The Hall–Kier alpha value is -0.590. The molecule has 0 aromatic carbocycles. The fraction of sp³-hybridized carbons (Fsp3) is 0.929. The zero-order valence-electron chi connectivity index (χ0n) is 11.6. The van der Waals surface area contributed by atoms with E-state index in [4.69, 9.17) is 5.26 Å². The zero-order valence-corrected chi connectivity index (χ0v) is 11.6. The van der Waals surface area contributed by atoms with Gasteiger partial charge in [0.05, 0.1) is 11.5 Å². The molecule has 0 aromatic rings. The number of nitriles is 1. The lowest BCUT2D eigenvalue weighted by Crippen LogP contribution is -2.42. The molecule has 0 amide bonds. The lowest BCUT2D eigenvalue weighted by Gasteiger charge is -2.37. The van der Waals surface area contributed by atoms with Crippen molar-refractivity contribution < 1.29 is 0 Å². The molecule has 17 heavy (non-hydrogen) atoms. The minimum absolute atomic E-state index is 0.176. The van der Waals surface area contributed by atoms with E-state index in [0.717, 1.165) is 25.6 Å². The lowest BCUT2D eigenvalue weighted by atomic mass is 9.90. The van der Waals surface area contributed by atoms with Crippen LogP contribution in [-0.2, 0) is 0 Å². The lowest BCUT2D eigenvalue weighted by molar-refractivity contribution is 0.128. The first-order valence-electron chi connectivity index (χ1n) is 6.89. The monoisotopic (exact) mass is 237 g/mol. The predicted molar refractivity (Wildman–Crippen MR) is 71.8 cm³/mol. The van der Waals surface area contributed by atoms with Crippen molar-refractivity contribution in [1.82, 2.24) is 10.2 Å². The van der Waals surface area contributed by atoms with Gasteiger partial charge in [0.2, 0.25) is 0 Å². The molecule has 3 nitrogen and oxygen atoms in total. The molecule has 1 aliphatic rings. The first kappa shape index (κ1) is 14.5. The molecule has 1 N–H and O–H groups in total. The third kappa shape index (κ3) is 5.06. The molecule has 1 heterocycles. The molecule has 0 aliphatic carbocycles. The Morgan fingerprint density at radius 3 is 2.82 bits per heavy atom. The summed E-state index contributed by atoms with van der Waals surface area (Å²) < 4.78 is 0. The predicted octanol–water partition coefficient (Wildman–Crippen LogP) is 2.39. The second kappa shape index (κ2) is 6.98. The number of rotatable bonds is 6. The van der Waals surface area contributed by atoms with Gasteiger partial charge in [0.1, 0.15) is 0 Å². The van der Waals surface area contributed by atoms with E-state index in [9.17, 15) is 0 Å². The maximum atomic E-state index is 9.05. The van der Waals surface area contributed by atoms with Crippen LogP contribution in [0.3, 0.4) is 0 Å². The fourth-order valence-electron chi connectivity index (χ4n) is 2.47. The summed E-state index contributed by atoms with van der Waals surface area (Å²) in [5.74, 6) is 0. The number of nitrogens with one attached hydrogen (secondary N) is 1. The van der Waals surface area contributed by atoms with Gasteiger partial charge in [-0.2, -0.15) is 5.26 Å². The van der Waals surface area contributed by atoms with E-state index in [2.05, 4.69) is 16.3 Å². The Kier molecular flexibility index (Phi) is 5.94. The van der Waals surface area contributed by atoms with Crippen molar-refractivity contribution in [3.63, 3.8) is 0 Å². The average Bonchev–Trinajstić information content (AvgIpc) is 2.35. The summed E-state index contributed by atoms with van der Waals surface area (Å²) in [7, 11) is 2.02. The zero-order chi connectivity index (χ0) is 12.7. The molecule has 0 radical (unpaired) electrons. The Balaban J connectivity index is 2.40. The van der Waals surface area contributed by atoms with Crippen LogP contribution in [0.4, 0.5) is 0 Å². The molecular formula is C14H27N3. The highest BCUT2D eigenvalue weighted by molar-refractivity contribution is 4.92. The highest BCUT2D eigenvalue weighted by atomic mass is 15.2. The second-order valence-corrected chi connectivity index (χ2v) is 5.82. The topological polar surface area (TPSA) is 39.1 Å². The molecule has 1 aliphatic heterocycles. The minimum atomic E-state index is -0.176. The van der Waals surface area contributed by atoms with Crippen LogP contribution in [0, 0.1) is 16.7 Å². The quantitative estimate of drug-likeness (QED) is 0.771. The summed E-state index contributed by atoms with van der Waals surface area (Å²) in [6.45, 7) is 7.48. The summed E-state index contributed by atoms with van der Waals surface area (Å²) in [6.07, 6.45) is 6.24. The normalized spacial score (nSPS) is 22.4. The third-order valence-electron chi connectivity index (χ3n) is 3.80. The van der Waals surface area contributed by atoms with Gasteiger partial charge in [-0.25, -0.2) is 0 Å². The molecule has 0 bridgehead atoms. The molecule has 1 unspecified atom stereocenters. The van der Waals surface area contributed by atoms with E-state index in [1.54, 1.807) is 0 Å². The van der Waals surface area contributed by atoms with Crippen LogP contribution < -0.4 is 5.32 Å². The van der Waals surface area contributed by atoms with Gasteiger partial charge in [-0.15, -0.1) is 0 Å². The number of hydrogen-bond acceptors (Lipinski definition) is 3. The molecule has 1 atom stereocenters. The van der Waals surface area contributed by atoms with Crippen molar-refractivity contribution in [3.8, 4) is 6.07 Å². The van der Waals surface area contributed by atoms with E-state index in [-0.39, 0.29) is 5.41 Å². The van der Waals surface area contributed by atoms with Gasteiger partial charge in [0.25, 0.3) is 0 Å². The van der Waals surface area contributed by atoms with Gasteiger partial charge in [-0.05, 0) is 66.2 Å². The van der Waals surface area contributed by atoms with Crippen molar-refractivity contribution in [2.24, 2.45) is 5.41 Å². The SMILES string of the molecule is CNCCC1CCCCN1CCC(C)(C)C#N. The van der Waals surface area contributed by atoms with Crippen LogP contribution >= 0.6 is 0 Å². The molecular weight excluding hydrogens is 210 g/mol. The van der Waals surface area contributed by atoms with Gasteiger partial charge < -0.3 is 10.2 Å². The summed E-state index contributed by atoms with van der Waals surface area (Å²) >= 11 is 0. The molecule has 0 saturated carbocycles. The van der Waals surface area contributed by atoms with Crippen LogP contribution in [0.15, 0.2) is 0 Å². The highest BCUT2D eigenvalue weighted by Crippen LogP contribution is 2.24. The maximum absolute atomic E-state index is 9.05. The Morgan fingerprint density at radius 2 is 2.18 bits per heavy atom. The van der Waals surface area contributed by atoms with E-state index < -0.39 is 0 Å². The molecule has 98 valence electrons. The highest BCUT2D eigenvalue weighted by Gasteiger charge is 2.24. The number of nitrogens with zero attached hydrogens (tertiary/aromatic N) is 2. The largest absolute Gasteiger partial charge is 0.320 e. The number of piperidine rings is 1. The molecule has 0 aromatic heterocycles. The number of hydrogen-bond donors (Lipinski definition) is 1. The average molecular weight is 237 g/mol. The van der Waals surface area contributed by atoms with Gasteiger partial charge >= 0.3 is 0 Å². The summed E-state index contributed by atoms with van der Waals surface area (Å²) in [6, 6.07) is 3.13. The molecule has 0 spiro atoms.